The molecule has 1 saturated heterocycles. The molecular weight excluding hydrogens is 428 g/mol. The summed E-state index contributed by atoms with van der Waals surface area (Å²) in [6, 6.07) is 7.78. The molecule has 1 atom stereocenters. The van der Waals surface area contributed by atoms with E-state index in [4.69, 9.17) is 17.3 Å². The SMILES string of the molecule is CC(=O)N1CCN(c2nnc(Cc3ccc(Cl)cc3)n2CC2(C(N)=O)CCCC2)[C@H](C)C1. The highest BCUT2D eigenvalue weighted by atomic mass is 35.5. The Morgan fingerprint density at radius 3 is 2.44 bits per heavy atom. The Labute approximate surface area is 193 Å². The minimum Gasteiger partial charge on any atom is -0.369 e. The number of nitrogens with zero attached hydrogens (tertiary/aromatic N) is 5. The lowest BCUT2D eigenvalue weighted by Gasteiger charge is -2.40. The maximum Gasteiger partial charge on any atom is 0.227 e. The third kappa shape index (κ3) is 4.46. The number of benzene rings is 1. The molecule has 9 heteroatoms. The molecule has 2 amide bonds. The molecule has 1 aromatic heterocycles. The maximum atomic E-state index is 12.5. The molecule has 2 aliphatic rings. The molecule has 2 N–H and O–H groups in total. The zero-order valence-electron chi connectivity index (χ0n) is 18.8. The first-order valence-electron chi connectivity index (χ1n) is 11.3. The van der Waals surface area contributed by atoms with Gasteiger partial charge in [-0.3, -0.25) is 14.2 Å². The lowest BCUT2D eigenvalue weighted by atomic mass is 9.85. The monoisotopic (exact) mass is 458 g/mol. The molecule has 8 nitrogen and oxygen atoms in total. The second kappa shape index (κ2) is 9.10. The van der Waals surface area contributed by atoms with Crippen molar-refractivity contribution in [3.8, 4) is 0 Å². The van der Waals surface area contributed by atoms with E-state index in [2.05, 4.69) is 26.6 Å². The van der Waals surface area contributed by atoms with Crippen molar-refractivity contribution in [2.24, 2.45) is 11.1 Å². The number of nitrogens with two attached hydrogens (primary N) is 1. The van der Waals surface area contributed by atoms with Gasteiger partial charge in [0, 0.05) is 50.6 Å². The van der Waals surface area contributed by atoms with Crippen LogP contribution in [-0.4, -0.2) is 57.2 Å². The molecule has 2 aromatic rings. The first-order valence-corrected chi connectivity index (χ1v) is 11.7. The highest BCUT2D eigenvalue weighted by Crippen LogP contribution is 2.40. The van der Waals surface area contributed by atoms with E-state index in [9.17, 15) is 9.59 Å². The smallest absolute Gasteiger partial charge is 0.227 e. The number of hydrogen-bond acceptors (Lipinski definition) is 5. The summed E-state index contributed by atoms with van der Waals surface area (Å²) in [7, 11) is 0. The number of amides is 2. The van der Waals surface area contributed by atoms with Crippen LogP contribution in [0.1, 0.15) is 50.9 Å². The van der Waals surface area contributed by atoms with Gasteiger partial charge in [-0.2, -0.15) is 0 Å². The van der Waals surface area contributed by atoms with Gasteiger partial charge in [0.1, 0.15) is 5.82 Å². The molecule has 4 rings (SSSR count). The average molecular weight is 459 g/mol. The molecule has 0 bridgehead atoms. The van der Waals surface area contributed by atoms with E-state index in [1.165, 1.54) is 0 Å². The number of carbonyl (C=O) groups is 2. The molecule has 1 aromatic carbocycles. The van der Waals surface area contributed by atoms with Gasteiger partial charge in [-0.1, -0.05) is 36.6 Å². The van der Waals surface area contributed by atoms with E-state index in [1.807, 2.05) is 29.2 Å². The van der Waals surface area contributed by atoms with Crippen molar-refractivity contribution in [2.75, 3.05) is 24.5 Å². The molecule has 0 spiro atoms. The highest BCUT2D eigenvalue weighted by Gasteiger charge is 2.42. The second-order valence-corrected chi connectivity index (χ2v) is 9.60. The van der Waals surface area contributed by atoms with Crippen molar-refractivity contribution in [1.29, 1.82) is 0 Å². The van der Waals surface area contributed by atoms with E-state index in [-0.39, 0.29) is 17.9 Å². The summed E-state index contributed by atoms with van der Waals surface area (Å²) in [5.74, 6) is 1.38. The van der Waals surface area contributed by atoms with Crippen LogP contribution in [0.25, 0.3) is 0 Å². The molecule has 172 valence electrons. The van der Waals surface area contributed by atoms with Gasteiger partial charge in [-0.25, -0.2) is 0 Å². The number of carbonyl (C=O) groups excluding carboxylic acids is 2. The maximum absolute atomic E-state index is 12.5. The van der Waals surface area contributed by atoms with Gasteiger partial charge < -0.3 is 15.5 Å². The van der Waals surface area contributed by atoms with Gasteiger partial charge in [0.25, 0.3) is 0 Å². The fraction of sp³-hybridized carbons (Fsp3) is 0.565. The quantitative estimate of drug-likeness (QED) is 0.717. The number of primary amides is 1. The van der Waals surface area contributed by atoms with Gasteiger partial charge in [-0.05, 0) is 37.5 Å². The van der Waals surface area contributed by atoms with Crippen LogP contribution in [0.5, 0.6) is 0 Å². The molecule has 1 aliphatic heterocycles. The minimum absolute atomic E-state index is 0.0834. The fourth-order valence-electron chi connectivity index (χ4n) is 4.99. The summed E-state index contributed by atoms with van der Waals surface area (Å²) in [6.45, 7) is 6.12. The Kier molecular flexibility index (Phi) is 6.42. The lowest BCUT2D eigenvalue weighted by molar-refractivity contribution is -0.130. The third-order valence-electron chi connectivity index (χ3n) is 6.96. The number of anilines is 1. The Balaban J connectivity index is 1.68. The molecule has 0 radical (unpaired) electrons. The zero-order valence-corrected chi connectivity index (χ0v) is 19.5. The number of halogens is 1. The van der Waals surface area contributed by atoms with Crippen LogP contribution in [0.3, 0.4) is 0 Å². The molecule has 2 heterocycles. The summed E-state index contributed by atoms with van der Waals surface area (Å²) in [5.41, 5.74) is 6.41. The van der Waals surface area contributed by atoms with E-state index < -0.39 is 5.41 Å². The second-order valence-electron chi connectivity index (χ2n) is 9.16. The van der Waals surface area contributed by atoms with Crippen molar-refractivity contribution in [1.82, 2.24) is 19.7 Å². The van der Waals surface area contributed by atoms with Crippen LogP contribution < -0.4 is 10.6 Å². The number of rotatable bonds is 6. The van der Waals surface area contributed by atoms with Crippen LogP contribution in [0.2, 0.25) is 5.02 Å². The predicted molar refractivity (Wildman–Crippen MR) is 123 cm³/mol. The summed E-state index contributed by atoms with van der Waals surface area (Å²) in [6.07, 6.45) is 4.16. The molecular formula is C23H31ClN6O2. The van der Waals surface area contributed by atoms with Crippen LogP contribution in [0.15, 0.2) is 24.3 Å². The lowest BCUT2D eigenvalue weighted by Crippen LogP contribution is -2.54. The van der Waals surface area contributed by atoms with E-state index in [0.29, 0.717) is 37.6 Å². The van der Waals surface area contributed by atoms with Crippen molar-refractivity contribution in [3.63, 3.8) is 0 Å². The first kappa shape index (κ1) is 22.6. The normalized spacial score (nSPS) is 20.5. The van der Waals surface area contributed by atoms with E-state index >= 15 is 0 Å². The molecule has 1 saturated carbocycles. The summed E-state index contributed by atoms with van der Waals surface area (Å²) >= 11 is 6.05. The standard InChI is InChI=1S/C23H31ClN6O2/c1-16-14-28(17(2)31)11-12-29(16)22-27-26-20(13-18-5-7-19(24)8-6-18)30(22)15-23(21(25)32)9-3-4-10-23/h5-8,16H,3-4,9-15H2,1-2H3,(H2,25,32)/t16-/m1/s1. The average Bonchev–Trinajstić information content (AvgIpc) is 3.38. The Morgan fingerprint density at radius 1 is 1.16 bits per heavy atom. The Morgan fingerprint density at radius 2 is 1.84 bits per heavy atom. The molecule has 0 unspecified atom stereocenters. The van der Waals surface area contributed by atoms with E-state index in [0.717, 1.165) is 43.0 Å². The molecule has 2 fully saturated rings. The Bertz CT molecular complexity index is 983. The zero-order chi connectivity index (χ0) is 22.9. The van der Waals surface area contributed by atoms with E-state index in [1.54, 1.807) is 6.92 Å². The number of aromatic nitrogens is 3. The number of piperazine rings is 1. The number of hydrogen-bond donors (Lipinski definition) is 1. The van der Waals surface area contributed by atoms with Gasteiger partial charge in [-0.15, -0.1) is 10.2 Å². The van der Waals surface area contributed by atoms with Crippen molar-refractivity contribution in [2.45, 2.75) is 58.5 Å². The van der Waals surface area contributed by atoms with Crippen LogP contribution in [0, 0.1) is 5.41 Å². The van der Waals surface area contributed by atoms with Crippen molar-refractivity contribution in [3.05, 3.63) is 40.7 Å². The fourth-order valence-corrected chi connectivity index (χ4v) is 5.12. The summed E-state index contributed by atoms with van der Waals surface area (Å²) in [5, 5.41) is 9.79. The van der Waals surface area contributed by atoms with Crippen LogP contribution in [0.4, 0.5) is 5.95 Å². The highest BCUT2D eigenvalue weighted by molar-refractivity contribution is 6.30. The van der Waals surface area contributed by atoms with Crippen LogP contribution in [-0.2, 0) is 22.6 Å². The third-order valence-corrected chi connectivity index (χ3v) is 7.21. The topological polar surface area (TPSA) is 97.3 Å². The Hall–Kier alpha value is -2.61. The van der Waals surface area contributed by atoms with Gasteiger partial charge in [0.05, 0.1) is 5.41 Å². The first-order chi connectivity index (χ1) is 15.3. The molecule has 1 aliphatic carbocycles. The van der Waals surface area contributed by atoms with Gasteiger partial charge in [0.2, 0.25) is 17.8 Å². The largest absolute Gasteiger partial charge is 0.369 e. The van der Waals surface area contributed by atoms with Crippen molar-refractivity contribution < 1.29 is 9.59 Å². The van der Waals surface area contributed by atoms with Crippen molar-refractivity contribution >= 4 is 29.4 Å². The van der Waals surface area contributed by atoms with Crippen LogP contribution >= 0.6 is 11.6 Å². The van der Waals surface area contributed by atoms with Gasteiger partial charge in [0.15, 0.2) is 0 Å². The molecule has 32 heavy (non-hydrogen) atoms. The predicted octanol–water partition coefficient (Wildman–Crippen LogP) is 2.62. The minimum atomic E-state index is -0.573. The van der Waals surface area contributed by atoms with Gasteiger partial charge >= 0.3 is 0 Å². The summed E-state index contributed by atoms with van der Waals surface area (Å²) in [4.78, 5) is 28.4. The summed E-state index contributed by atoms with van der Waals surface area (Å²) < 4.78 is 2.09.